The number of rotatable bonds is 9. The first-order valence-electron chi connectivity index (χ1n) is 19.3. The van der Waals surface area contributed by atoms with E-state index in [2.05, 4.69) is 202 Å². The van der Waals surface area contributed by atoms with Gasteiger partial charge in [0, 0.05) is 27.9 Å². The number of para-hydroxylation sites is 2. The van der Waals surface area contributed by atoms with E-state index in [0.29, 0.717) is 5.92 Å². The SMILES string of the molecule is CC1(C)c2cc(CCC(Cc3ccccc3)c3ccccc3)ccc2-c2cc3c(cc21)-c1ccc(N(c2ccccc2)c2ccccc2)cc1C3(C)C. The summed E-state index contributed by atoms with van der Waals surface area (Å²) in [5.41, 5.74) is 18.8. The van der Waals surface area contributed by atoms with Gasteiger partial charge in [0.1, 0.15) is 0 Å². The summed E-state index contributed by atoms with van der Waals surface area (Å²) in [6.45, 7) is 9.67. The number of fused-ring (bicyclic) bond motifs is 6. The van der Waals surface area contributed by atoms with Crippen molar-refractivity contribution in [3.63, 3.8) is 0 Å². The van der Waals surface area contributed by atoms with Crippen LogP contribution in [0, 0.1) is 0 Å². The minimum absolute atomic E-state index is 0.0805. The maximum absolute atomic E-state index is 2.54. The highest BCUT2D eigenvalue weighted by molar-refractivity contribution is 5.91. The quantitative estimate of drug-likeness (QED) is 0.146. The van der Waals surface area contributed by atoms with E-state index >= 15 is 0 Å². The van der Waals surface area contributed by atoms with Gasteiger partial charge in [0.05, 0.1) is 0 Å². The van der Waals surface area contributed by atoms with Crippen molar-refractivity contribution in [3.05, 3.63) is 209 Å². The van der Waals surface area contributed by atoms with Crippen molar-refractivity contribution in [3.8, 4) is 22.3 Å². The lowest BCUT2D eigenvalue weighted by molar-refractivity contribution is 0.618. The van der Waals surface area contributed by atoms with Gasteiger partial charge in [-0.25, -0.2) is 0 Å². The van der Waals surface area contributed by atoms with E-state index in [1.165, 1.54) is 66.9 Å². The van der Waals surface area contributed by atoms with Crippen LogP contribution in [0.2, 0.25) is 0 Å². The number of hydrogen-bond acceptors (Lipinski definition) is 1. The maximum Gasteiger partial charge on any atom is 0.0465 e. The highest BCUT2D eigenvalue weighted by atomic mass is 15.1. The molecule has 0 N–H and O–H groups in total. The van der Waals surface area contributed by atoms with Crippen LogP contribution >= 0.6 is 0 Å². The molecule has 9 rings (SSSR count). The average Bonchev–Trinajstić information content (AvgIpc) is 3.55. The van der Waals surface area contributed by atoms with E-state index in [9.17, 15) is 0 Å². The fraction of sp³-hybridized carbons (Fsp3) is 0.192. The van der Waals surface area contributed by atoms with Crippen molar-refractivity contribution >= 4 is 17.1 Å². The molecule has 0 bridgehead atoms. The van der Waals surface area contributed by atoms with Gasteiger partial charge >= 0.3 is 0 Å². The molecule has 2 aliphatic rings. The van der Waals surface area contributed by atoms with Gasteiger partial charge < -0.3 is 4.90 Å². The van der Waals surface area contributed by atoms with Crippen LogP contribution < -0.4 is 4.90 Å². The first kappa shape index (κ1) is 33.2. The smallest absolute Gasteiger partial charge is 0.0465 e. The van der Waals surface area contributed by atoms with E-state index in [1.54, 1.807) is 0 Å². The zero-order valence-corrected chi connectivity index (χ0v) is 31.3. The molecular formula is C52H47N. The number of aryl methyl sites for hydroxylation is 1. The lowest BCUT2D eigenvalue weighted by Crippen LogP contribution is -2.17. The molecule has 1 heteroatoms. The Kier molecular flexibility index (Phi) is 8.19. The van der Waals surface area contributed by atoms with Crippen LogP contribution in [-0.4, -0.2) is 0 Å². The number of nitrogens with zero attached hydrogens (tertiary/aromatic N) is 1. The number of hydrogen-bond donors (Lipinski definition) is 0. The van der Waals surface area contributed by atoms with Crippen molar-refractivity contribution in [1.82, 2.24) is 0 Å². The molecule has 1 atom stereocenters. The minimum atomic E-state index is -0.132. The predicted octanol–water partition coefficient (Wildman–Crippen LogP) is 13.7. The second-order valence-electron chi connectivity index (χ2n) is 16.1. The Morgan fingerprint density at radius 2 is 0.887 bits per heavy atom. The van der Waals surface area contributed by atoms with Crippen molar-refractivity contribution in [2.75, 3.05) is 4.90 Å². The lowest BCUT2D eigenvalue weighted by Gasteiger charge is -2.28. The molecule has 0 heterocycles. The second-order valence-corrected chi connectivity index (χ2v) is 16.1. The summed E-state index contributed by atoms with van der Waals surface area (Å²) in [6.07, 6.45) is 3.25. The Hall–Kier alpha value is -5.66. The molecule has 0 aliphatic heterocycles. The van der Waals surface area contributed by atoms with Crippen molar-refractivity contribution in [2.24, 2.45) is 0 Å². The van der Waals surface area contributed by atoms with Crippen molar-refractivity contribution < 1.29 is 0 Å². The second kappa shape index (κ2) is 13.1. The summed E-state index contributed by atoms with van der Waals surface area (Å²) in [7, 11) is 0. The van der Waals surface area contributed by atoms with E-state index in [-0.39, 0.29) is 10.8 Å². The molecule has 1 unspecified atom stereocenters. The molecule has 7 aromatic carbocycles. The van der Waals surface area contributed by atoms with Gasteiger partial charge in [-0.15, -0.1) is 0 Å². The van der Waals surface area contributed by atoms with Crippen LogP contribution in [0.25, 0.3) is 22.3 Å². The third-order valence-electron chi connectivity index (χ3n) is 12.2. The monoisotopic (exact) mass is 685 g/mol. The summed E-state index contributed by atoms with van der Waals surface area (Å²) in [5.74, 6) is 0.482. The van der Waals surface area contributed by atoms with Gasteiger partial charge in [-0.3, -0.25) is 0 Å². The molecule has 1 nitrogen and oxygen atoms in total. The molecule has 0 saturated heterocycles. The molecular weight excluding hydrogens is 639 g/mol. The Morgan fingerprint density at radius 3 is 1.45 bits per heavy atom. The number of benzene rings is 7. The summed E-state index contributed by atoms with van der Waals surface area (Å²) in [5, 5.41) is 0. The summed E-state index contributed by atoms with van der Waals surface area (Å²) in [4.78, 5) is 2.38. The largest absolute Gasteiger partial charge is 0.310 e. The molecule has 7 aromatic rings. The third-order valence-corrected chi connectivity index (χ3v) is 12.2. The van der Waals surface area contributed by atoms with Crippen LogP contribution in [0.4, 0.5) is 17.1 Å². The molecule has 260 valence electrons. The first-order chi connectivity index (χ1) is 25.8. The van der Waals surface area contributed by atoms with Gasteiger partial charge in [0.15, 0.2) is 0 Å². The van der Waals surface area contributed by atoms with Gasteiger partial charge in [0.2, 0.25) is 0 Å². The Bertz CT molecular complexity index is 2370. The zero-order chi connectivity index (χ0) is 36.2. The summed E-state index contributed by atoms with van der Waals surface area (Å²) in [6, 6.07) is 63.1. The van der Waals surface area contributed by atoms with E-state index in [4.69, 9.17) is 0 Å². The predicted molar refractivity (Wildman–Crippen MR) is 224 cm³/mol. The normalized spacial score (nSPS) is 14.9. The summed E-state index contributed by atoms with van der Waals surface area (Å²) >= 11 is 0. The van der Waals surface area contributed by atoms with Gasteiger partial charge in [0.25, 0.3) is 0 Å². The zero-order valence-electron chi connectivity index (χ0n) is 31.3. The van der Waals surface area contributed by atoms with Crippen molar-refractivity contribution in [2.45, 2.75) is 63.7 Å². The lowest BCUT2D eigenvalue weighted by atomic mass is 9.79. The third kappa shape index (κ3) is 5.80. The molecule has 0 aromatic heterocycles. The molecule has 0 radical (unpaired) electrons. The fourth-order valence-corrected chi connectivity index (χ4v) is 9.24. The van der Waals surface area contributed by atoms with Crippen LogP contribution in [0.3, 0.4) is 0 Å². The molecule has 0 saturated carbocycles. The highest BCUT2D eigenvalue weighted by Gasteiger charge is 2.42. The van der Waals surface area contributed by atoms with E-state index < -0.39 is 0 Å². The van der Waals surface area contributed by atoms with Gasteiger partial charge in [-0.05, 0) is 135 Å². The van der Waals surface area contributed by atoms with Crippen LogP contribution in [0.5, 0.6) is 0 Å². The minimum Gasteiger partial charge on any atom is -0.310 e. The maximum atomic E-state index is 2.54. The van der Waals surface area contributed by atoms with E-state index in [1.807, 2.05) is 0 Å². The first-order valence-corrected chi connectivity index (χ1v) is 19.3. The van der Waals surface area contributed by atoms with Crippen molar-refractivity contribution in [1.29, 1.82) is 0 Å². The Balaban J connectivity index is 1.04. The molecule has 2 aliphatic carbocycles. The molecule has 0 fully saturated rings. The standard InChI is InChI=1S/C52H47N/c1-51(2)47-32-37(25-27-39(38-19-11-6-12-20-38)31-36-17-9-5-10-18-36)26-29-43(47)45-34-50-46(35-49(45)51)44-30-28-42(33-48(44)52(50,3)4)53(40-21-13-7-14-22-40)41-23-15-8-16-24-41/h5-24,26,28-30,32-35,39H,25,27,31H2,1-4H3. The van der Waals surface area contributed by atoms with E-state index in [0.717, 1.165) is 30.6 Å². The van der Waals surface area contributed by atoms with Gasteiger partial charge in [-0.1, -0.05) is 149 Å². The molecule has 0 amide bonds. The Morgan fingerprint density at radius 1 is 0.415 bits per heavy atom. The highest BCUT2D eigenvalue weighted by Crippen LogP contribution is 2.57. The van der Waals surface area contributed by atoms with Gasteiger partial charge in [-0.2, -0.15) is 0 Å². The van der Waals surface area contributed by atoms with Crippen LogP contribution in [0.1, 0.15) is 79.0 Å². The summed E-state index contributed by atoms with van der Waals surface area (Å²) < 4.78 is 0. The molecule has 53 heavy (non-hydrogen) atoms. The topological polar surface area (TPSA) is 3.24 Å². The van der Waals surface area contributed by atoms with Crippen LogP contribution in [-0.2, 0) is 23.7 Å². The van der Waals surface area contributed by atoms with Crippen LogP contribution in [0.15, 0.2) is 170 Å². The molecule has 0 spiro atoms. The fourth-order valence-electron chi connectivity index (χ4n) is 9.24. The number of anilines is 3. The Labute approximate surface area is 315 Å². The average molecular weight is 686 g/mol.